The van der Waals surface area contributed by atoms with Gasteiger partial charge in [-0.15, -0.1) is 24.0 Å². The number of fused-ring (bicyclic) bond motifs is 1. The quantitative estimate of drug-likeness (QED) is 0.732. The minimum Gasteiger partial charge on any atom is -0.289 e. The Labute approximate surface area is 99.3 Å². The Morgan fingerprint density at radius 2 is 2.07 bits per heavy atom. The lowest BCUT2D eigenvalue weighted by Crippen LogP contribution is -1.98. The van der Waals surface area contributed by atoms with E-state index in [1.807, 2.05) is 19.1 Å². The molecule has 0 amide bonds. The second-order valence-electron chi connectivity index (χ2n) is 3.07. The lowest BCUT2D eigenvalue weighted by molar-refractivity contribution is 1.48. The normalized spacial score (nSPS) is 10.8. The van der Waals surface area contributed by atoms with E-state index in [0.29, 0.717) is 0 Å². The Kier molecular flexibility index (Phi) is 2.68. The maximum absolute atomic E-state index is 11.6. The van der Waals surface area contributed by atoms with E-state index in [0.717, 1.165) is 24.3 Å². The molecule has 0 saturated carbocycles. The number of hydrogen-bond acceptors (Lipinski definition) is 3. The van der Waals surface area contributed by atoms with Gasteiger partial charge < -0.3 is 0 Å². The third kappa shape index (κ3) is 1.74. The summed E-state index contributed by atoms with van der Waals surface area (Å²) in [5, 5.41) is 0.764. The van der Waals surface area contributed by atoms with E-state index in [9.17, 15) is 4.79 Å². The highest BCUT2D eigenvalue weighted by Crippen LogP contribution is 2.29. The van der Waals surface area contributed by atoms with Crippen molar-refractivity contribution in [3.05, 3.63) is 38.5 Å². The summed E-state index contributed by atoms with van der Waals surface area (Å²) in [4.78, 5) is 11.6. The zero-order valence-electron chi connectivity index (χ0n) is 7.37. The number of aryl methyl sites for hydroxylation is 1. The van der Waals surface area contributed by atoms with Gasteiger partial charge in [0.15, 0.2) is 5.43 Å². The molecule has 0 radical (unpaired) electrons. The molecule has 1 aromatic heterocycles. The maximum Gasteiger partial charge on any atom is 0.189 e. The number of hydrogen-bond donors (Lipinski definition) is 1. The average Bonchev–Trinajstić information content (AvgIpc) is 2.07. The second-order valence-corrected chi connectivity index (χ2v) is 5.76. The Bertz CT molecular complexity index is 560. The van der Waals surface area contributed by atoms with E-state index in [2.05, 4.69) is 28.6 Å². The third-order valence-corrected chi connectivity index (χ3v) is 4.18. The number of benzene rings is 1. The Morgan fingerprint density at radius 1 is 1.36 bits per heavy atom. The molecular formula is C10H7BrOS2. The molecule has 0 aliphatic heterocycles. The van der Waals surface area contributed by atoms with E-state index < -0.39 is 0 Å². The Balaban J connectivity index is 3.02. The lowest BCUT2D eigenvalue weighted by atomic mass is 10.2. The Morgan fingerprint density at radius 3 is 2.79 bits per heavy atom. The molecule has 4 heteroatoms. The van der Waals surface area contributed by atoms with Crippen molar-refractivity contribution >= 4 is 50.0 Å². The number of thiol groups is 1. The summed E-state index contributed by atoms with van der Waals surface area (Å²) >= 11 is 9.16. The predicted molar refractivity (Wildman–Crippen MR) is 67.8 cm³/mol. The highest BCUT2D eigenvalue weighted by Gasteiger charge is 2.05. The van der Waals surface area contributed by atoms with Crippen LogP contribution in [0.5, 0.6) is 0 Å². The molecule has 1 heterocycles. The van der Waals surface area contributed by atoms with Crippen molar-refractivity contribution in [2.75, 3.05) is 0 Å². The van der Waals surface area contributed by atoms with Crippen molar-refractivity contribution in [2.24, 2.45) is 0 Å². The topological polar surface area (TPSA) is 17.1 Å². The van der Waals surface area contributed by atoms with Crippen LogP contribution in [0.25, 0.3) is 10.1 Å². The van der Waals surface area contributed by atoms with Crippen LogP contribution in [0.15, 0.2) is 31.7 Å². The zero-order chi connectivity index (χ0) is 10.3. The van der Waals surface area contributed by atoms with Crippen LogP contribution in [-0.2, 0) is 0 Å². The molecule has 0 aliphatic carbocycles. The number of halogens is 1. The van der Waals surface area contributed by atoms with E-state index in [1.165, 1.54) is 11.3 Å². The van der Waals surface area contributed by atoms with Gasteiger partial charge in [0, 0.05) is 15.9 Å². The summed E-state index contributed by atoms with van der Waals surface area (Å²) in [6.07, 6.45) is 0. The van der Waals surface area contributed by atoms with E-state index in [1.54, 1.807) is 6.07 Å². The Hall–Kier alpha value is -0.320. The SMILES string of the molecule is Cc1cc(Br)c2sc(S)cc(=O)c2c1. The van der Waals surface area contributed by atoms with Crippen molar-refractivity contribution in [1.82, 2.24) is 0 Å². The van der Waals surface area contributed by atoms with E-state index >= 15 is 0 Å². The minimum absolute atomic E-state index is 0.0353. The summed E-state index contributed by atoms with van der Waals surface area (Å²) < 4.78 is 2.67. The van der Waals surface area contributed by atoms with Crippen LogP contribution in [0.4, 0.5) is 0 Å². The summed E-state index contributed by atoms with van der Waals surface area (Å²) in [5.41, 5.74) is 1.12. The highest BCUT2D eigenvalue weighted by molar-refractivity contribution is 9.10. The molecular weight excluding hydrogens is 280 g/mol. The van der Waals surface area contributed by atoms with Crippen LogP contribution in [0.2, 0.25) is 0 Å². The molecule has 0 spiro atoms. The van der Waals surface area contributed by atoms with Crippen molar-refractivity contribution in [2.45, 2.75) is 11.1 Å². The van der Waals surface area contributed by atoms with Crippen LogP contribution < -0.4 is 5.43 Å². The van der Waals surface area contributed by atoms with Gasteiger partial charge >= 0.3 is 0 Å². The van der Waals surface area contributed by atoms with Gasteiger partial charge in [-0.2, -0.15) is 0 Å². The molecule has 0 saturated heterocycles. The highest BCUT2D eigenvalue weighted by atomic mass is 79.9. The summed E-state index contributed by atoms with van der Waals surface area (Å²) in [6, 6.07) is 5.47. The largest absolute Gasteiger partial charge is 0.289 e. The molecule has 0 fully saturated rings. The second kappa shape index (κ2) is 3.68. The summed E-state index contributed by atoms with van der Waals surface area (Å²) in [7, 11) is 0. The molecule has 0 bridgehead atoms. The fourth-order valence-corrected chi connectivity index (χ4v) is 3.35. The van der Waals surface area contributed by atoms with Gasteiger partial charge in [0.25, 0.3) is 0 Å². The van der Waals surface area contributed by atoms with Crippen molar-refractivity contribution in [1.29, 1.82) is 0 Å². The van der Waals surface area contributed by atoms with Crippen LogP contribution in [0.1, 0.15) is 5.56 Å². The molecule has 14 heavy (non-hydrogen) atoms. The van der Waals surface area contributed by atoms with Crippen molar-refractivity contribution in [3.63, 3.8) is 0 Å². The average molecular weight is 287 g/mol. The van der Waals surface area contributed by atoms with Gasteiger partial charge in [0.05, 0.1) is 8.91 Å². The van der Waals surface area contributed by atoms with Gasteiger partial charge in [-0.25, -0.2) is 0 Å². The van der Waals surface area contributed by atoms with E-state index in [-0.39, 0.29) is 5.43 Å². The first kappa shape index (κ1) is 10.2. The molecule has 2 rings (SSSR count). The first-order valence-corrected chi connectivity index (χ1v) is 6.06. The molecule has 0 aliphatic rings. The van der Waals surface area contributed by atoms with Gasteiger partial charge in [-0.3, -0.25) is 4.79 Å². The first-order valence-electron chi connectivity index (χ1n) is 4.01. The van der Waals surface area contributed by atoms with Crippen LogP contribution in [0.3, 0.4) is 0 Å². The zero-order valence-corrected chi connectivity index (χ0v) is 10.7. The minimum atomic E-state index is 0.0353. The third-order valence-electron chi connectivity index (χ3n) is 1.91. The van der Waals surface area contributed by atoms with E-state index in [4.69, 9.17) is 0 Å². The summed E-state index contributed by atoms with van der Waals surface area (Å²) in [5.74, 6) is 0. The molecule has 2 aromatic rings. The molecule has 72 valence electrons. The molecule has 1 nitrogen and oxygen atoms in total. The monoisotopic (exact) mass is 286 g/mol. The van der Waals surface area contributed by atoms with Gasteiger partial charge in [0.2, 0.25) is 0 Å². The molecule has 0 unspecified atom stereocenters. The number of rotatable bonds is 0. The summed E-state index contributed by atoms with van der Waals surface area (Å²) in [6.45, 7) is 1.98. The fourth-order valence-electron chi connectivity index (χ4n) is 1.34. The standard InChI is InChI=1S/C10H7BrOS2/c1-5-2-6-8(12)4-9(13)14-10(6)7(11)3-5/h2-4,13H,1H3. The molecule has 0 N–H and O–H groups in total. The van der Waals surface area contributed by atoms with Gasteiger partial charge in [0.1, 0.15) is 0 Å². The maximum atomic E-state index is 11.6. The molecule has 1 aromatic carbocycles. The van der Waals surface area contributed by atoms with Gasteiger partial charge in [-0.05, 0) is 40.5 Å². The lowest BCUT2D eigenvalue weighted by Gasteiger charge is -2.01. The first-order chi connectivity index (χ1) is 6.58. The fraction of sp³-hybridized carbons (Fsp3) is 0.100. The van der Waals surface area contributed by atoms with Crippen LogP contribution >= 0.6 is 39.9 Å². The van der Waals surface area contributed by atoms with Crippen molar-refractivity contribution < 1.29 is 0 Å². The van der Waals surface area contributed by atoms with Crippen LogP contribution in [-0.4, -0.2) is 0 Å². The predicted octanol–water partition coefficient (Wildman–Crippen LogP) is 3.62. The molecule has 0 atom stereocenters. The van der Waals surface area contributed by atoms with Gasteiger partial charge in [-0.1, -0.05) is 0 Å². The smallest absolute Gasteiger partial charge is 0.189 e. The van der Waals surface area contributed by atoms with Crippen LogP contribution in [0, 0.1) is 6.92 Å². The van der Waals surface area contributed by atoms with Crippen molar-refractivity contribution in [3.8, 4) is 0 Å².